The molecule has 1 fully saturated rings. The predicted octanol–water partition coefficient (Wildman–Crippen LogP) is 2.70. The molecule has 1 saturated heterocycles. The first-order chi connectivity index (χ1) is 9.13. The minimum atomic E-state index is -0.0295. The monoisotopic (exact) mass is 313 g/mol. The number of halogens is 1. The summed E-state index contributed by atoms with van der Waals surface area (Å²) in [6.45, 7) is 1.34. The van der Waals surface area contributed by atoms with E-state index >= 15 is 0 Å². The molecule has 100 valence electrons. The van der Waals surface area contributed by atoms with Crippen LogP contribution in [-0.4, -0.2) is 34.9 Å². The number of rotatable bonds is 2. The Kier molecular flexibility index (Phi) is 3.58. The molecule has 3 rings (SSSR count). The van der Waals surface area contributed by atoms with E-state index in [1.807, 2.05) is 12.1 Å². The van der Waals surface area contributed by atoms with E-state index in [-0.39, 0.29) is 11.9 Å². The molecule has 3 heterocycles. The van der Waals surface area contributed by atoms with Crippen LogP contribution in [0, 0.1) is 0 Å². The number of hydrogen-bond donors (Lipinski definition) is 1. The highest BCUT2D eigenvalue weighted by molar-refractivity contribution is 7.23. The number of carbonyl (C=O) groups is 1. The second-order valence-electron chi connectivity index (χ2n) is 4.44. The maximum atomic E-state index is 12.2. The van der Waals surface area contributed by atoms with Gasteiger partial charge < -0.3 is 10.6 Å². The first-order valence-corrected chi connectivity index (χ1v) is 7.97. The number of carbonyl (C=O) groups excluding carboxylic acids is 1. The molecule has 2 aromatic heterocycles. The highest BCUT2D eigenvalue weighted by Gasteiger charge is 2.26. The molecule has 0 aromatic carbocycles. The molecule has 1 aliphatic heterocycles. The molecule has 1 atom stereocenters. The van der Waals surface area contributed by atoms with Crippen LogP contribution < -0.4 is 5.73 Å². The van der Waals surface area contributed by atoms with Gasteiger partial charge in [0.05, 0.1) is 9.21 Å². The van der Waals surface area contributed by atoms with Gasteiger partial charge in [0.2, 0.25) is 0 Å². The van der Waals surface area contributed by atoms with Crippen LogP contribution in [0.15, 0.2) is 17.5 Å². The Morgan fingerprint density at radius 2 is 2.37 bits per heavy atom. The molecule has 1 aliphatic rings. The average molecular weight is 314 g/mol. The minimum Gasteiger partial charge on any atom is -0.336 e. The second-order valence-corrected chi connectivity index (χ2v) is 7.01. The summed E-state index contributed by atoms with van der Waals surface area (Å²) < 4.78 is 0.726. The summed E-state index contributed by atoms with van der Waals surface area (Å²) in [5, 5.41) is 2.64. The zero-order chi connectivity index (χ0) is 13.4. The quantitative estimate of drug-likeness (QED) is 0.927. The van der Waals surface area contributed by atoms with Gasteiger partial charge in [0.1, 0.15) is 10.7 Å². The lowest BCUT2D eigenvalue weighted by Crippen LogP contribution is -2.32. The van der Waals surface area contributed by atoms with Crippen molar-refractivity contribution in [1.29, 1.82) is 0 Å². The maximum Gasteiger partial charge on any atom is 0.273 e. The van der Waals surface area contributed by atoms with Gasteiger partial charge >= 0.3 is 0 Å². The summed E-state index contributed by atoms with van der Waals surface area (Å²) in [6, 6.07) is 3.86. The average Bonchev–Trinajstić information content (AvgIpc) is 3.07. The molecule has 0 spiro atoms. The summed E-state index contributed by atoms with van der Waals surface area (Å²) in [6.07, 6.45) is 0.864. The number of aromatic nitrogens is 1. The summed E-state index contributed by atoms with van der Waals surface area (Å²) in [4.78, 5) is 19.4. The van der Waals surface area contributed by atoms with E-state index < -0.39 is 0 Å². The van der Waals surface area contributed by atoms with Crippen molar-refractivity contribution >= 4 is 40.2 Å². The van der Waals surface area contributed by atoms with Crippen LogP contribution in [0.5, 0.6) is 0 Å². The van der Waals surface area contributed by atoms with Crippen molar-refractivity contribution in [2.24, 2.45) is 5.73 Å². The molecule has 2 aromatic rings. The molecule has 2 N–H and O–H groups in total. The molecule has 4 nitrogen and oxygen atoms in total. The van der Waals surface area contributed by atoms with Gasteiger partial charge in [-0.1, -0.05) is 11.6 Å². The lowest BCUT2D eigenvalue weighted by molar-refractivity contribution is 0.0786. The van der Waals surface area contributed by atoms with E-state index in [1.54, 1.807) is 10.3 Å². The van der Waals surface area contributed by atoms with Crippen LogP contribution in [0.25, 0.3) is 9.88 Å². The first kappa shape index (κ1) is 13.1. The predicted molar refractivity (Wildman–Crippen MR) is 78.9 cm³/mol. The third kappa shape index (κ3) is 2.67. The van der Waals surface area contributed by atoms with E-state index in [2.05, 4.69) is 4.98 Å². The normalized spacial score (nSPS) is 19.1. The van der Waals surface area contributed by atoms with Gasteiger partial charge in [-0.05, 0) is 18.6 Å². The topological polar surface area (TPSA) is 59.2 Å². The molecule has 7 heteroatoms. The Morgan fingerprint density at radius 3 is 3.00 bits per heavy atom. The van der Waals surface area contributed by atoms with Gasteiger partial charge in [0, 0.05) is 24.5 Å². The third-order valence-corrected chi connectivity index (χ3v) is 5.26. The van der Waals surface area contributed by atoms with Crippen LogP contribution in [0.2, 0.25) is 4.34 Å². The number of hydrogen-bond acceptors (Lipinski definition) is 5. The second kappa shape index (κ2) is 5.20. The van der Waals surface area contributed by atoms with Crippen LogP contribution in [-0.2, 0) is 0 Å². The Bertz CT molecular complexity index is 610. The van der Waals surface area contributed by atoms with Crippen molar-refractivity contribution in [3.8, 4) is 9.88 Å². The highest BCUT2D eigenvalue weighted by atomic mass is 35.5. The Hall–Kier alpha value is -0.950. The summed E-state index contributed by atoms with van der Waals surface area (Å²) in [5.41, 5.74) is 6.31. The van der Waals surface area contributed by atoms with E-state index in [1.165, 1.54) is 22.7 Å². The van der Waals surface area contributed by atoms with Gasteiger partial charge in [-0.2, -0.15) is 0 Å². The molecular weight excluding hydrogens is 302 g/mol. The molecule has 0 aliphatic carbocycles. The molecular formula is C12H12ClN3OS2. The summed E-state index contributed by atoms with van der Waals surface area (Å²) in [5.74, 6) is -0.0295. The van der Waals surface area contributed by atoms with Crippen LogP contribution in [0.1, 0.15) is 16.9 Å². The largest absolute Gasteiger partial charge is 0.336 e. The number of likely N-dealkylation sites (tertiary alicyclic amines) is 1. The van der Waals surface area contributed by atoms with Crippen molar-refractivity contribution < 1.29 is 4.79 Å². The van der Waals surface area contributed by atoms with Gasteiger partial charge in [0.25, 0.3) is 5.91 Å². The number of amides is 1. The third-order valence-electron chi connectivity index (χ3n) is 3.02. The standard InChI is InChI=1S/C12H12ClN3OS2/c13-10-2-1-9(19-10)11-15-8(6-18-11)12(17)16-4-3-7(14)5-16/h1-2,6-7H,3-5,14H2/t7-/m1/s1. The van der Waals surface area contributed by atoms with Crippen LogP contribution >= 0.6 is 34.3 Å². The first-order valence-electron chi connectivity index (χ1n) is 5.89. The highest BCUT2D eigenvalue weighted by Crippen LogP contribution is 2.33. The summed E-state index contributed by atoms with van der Waals surface area (Å²) >= 11 is 8.84. The van der Waals surface area contributed by atoms with Gasteiger partial charge in [-0.3, -0.25) is 4.79 Å². The van der Waals surface area contributed by atoms with Crippen molar-refractivity contribution in [3.05, 3.63) is 27.5 Å². The fourth-order valence-electron chi connectivity index (χ4n) is 2.05. The van der Waals surface area contributed by atoms with Gasteiger partial charge in [-0.25, -0.2) is 4.98 Å². The minimum absolute atomic E-state index is 0.0295. The van der Waals surface area contributed by atoms with Crippen molar-refractivity contribution in [1.82, 2.24) is 9.88 Å². The number of nitrogens with zero attached hydrogens (tertiary/aromatic N) is 2. The maximum absolute atomic E-state index is 12.2. The van der Waals surface area contributed by atoms with Crippen molar-refractivity contribution in [2.75, 3.05) is 13.1 Å². The fraction of sp³-hybridized carbons (Fsp3) is 0.333. The smallest absolute Gasteiger partial charge is 0.273 e. The van der Waals surface area contributed by atoms with E-state index in [0.717, 1.165) is 27.2 Å². The molecule has 0 unspecified atom stereocenters. The zero-order valence-corrected chi connectivity index (χ0v) is 12.4. The lowest BCUT2D eigenvalue weighted by atomic mass is 10.3. The van der Waals surface area contributed by atoms with E-state index in [0.29, 0.717) is 12.2 Å². The van der Waals surface area contributed by atoms with Crippen molar-refractivity contribution in [3.63, 3.8) is 0 Å². The van der Waals surface area contributed by atoms with Gasteiger partial charge in [-0.15, -0.1) is 22.7 Å². The molecule has 0 radical (unpaired) electrons. The molecule has 0 bridgehead atoms. The Labute approximate surface area is 123 Å². The molecule has 1 amide bonds. The fourth-order valence-corrected chi connectivity index (χ4v) is 3.96. The van der Waals surface area contributed by atoms with Crippen molar-refractivity contribution in [2.45, 2.75) is 12.5 Å². The molecule has 0 saturated carbocycles. The van der Waals surface area contributed by atoms with E-state index in [4.69, 9.17) is 17.3 Å². The van der Waals surface area contributed by atoms with Gasteiger partial charge in [0.15, 0.2) is 0 Å². The summed E-state index contributed by atoms with van der Waals surface area (Å²) in [7, 11) is 0. The number of thiazole rings is 1. The molecule has 19 heavy (non-hydrogen) atoms. The van der Waals surface area contributed by atoms with Crippen LogP contribution in [0.4, 0.5) is 0 Å². The zero-order valence-electron chi connectivity index (χ0n) is 10.0. The Morgan fingerprint density at radius 1 is 1.53 bits per heavy atom. The lowest BCUT2D eigenvalue weighted by Gasteiger charge is -2.13. The number of nitrogens with two attached hydrogens (primary N) is 1. The van der Waals surface area contributed by atoms with Crippen LogP contribution in [0.3, 0.4) is 0 Å². The van der Waals surface area contributed by atoms with E-state index in [9.17, 15) is 4.79 Å². The SMILES string of the molecule is N[C@@H]1CCN(C(=O)c2csc(-c3ccc(Cl)s3)n2)C1. The Balaban J connectivity index is 1.79. The number of thiophene rings is 1.